The van der Waals surface area contributed by atoms with Crippen LogP contribution in [0.5, 0.6) is 5.75 Å². The van der Waals surface area contributed by atoms with Crippen molar-refractivity contribution in [2.75, 3.05) is 7.11 Å². The van der Waals surface area contributed by atoms with Gasteiger partial charge in [0.15, 0.2) is 0 Å². The van der Waals surface area contributed by atoms with E-state index in [9.17, 15) is 0 Å². The topological polar surface area (TPSA) is 27.1 Å². The van der Waals surface area contributed by atoms with Crippen LogP contribution in [-0.2, 0) is 7.05 Å². The molecule has 0 spiro atoms. The minimum Gasteiger partial charge on any atom is -0.497 e. The lowest BCUT2D eigenvalue weighted by atomic mass is 10.1. The van der Waals surface area contributed by atoms with E-state index >= 15 is 0 Å². The largest absolute Gasteiger partial charge is 0.497 e. The number of ether oxygens (including phenoxy) is 1. The van der Waals surface area contributed by atoms with Gasteiger partial charge in [-0.3, -0.25) is 0 Å². The molecule has 0 aliphatic heterocycles. The molecule has 1 aromatic heterocycles. The van der Waals surface area contributed by atoms with Crippen molar-refractivity contribution in [2.24, 2.45) is 7.05 Å². The molecule has 0 unspecified atom stereocenters. The molecule has 0 bridgehead atoms. The first-order valence-corrected chi connectivity index (χ1v) is 5.33. The predicted molar refractivity (Wildman–Crippen MR) is 62.9 cm³/mol. The zero-order valence-corrected chi connectivity index (χ0v) is 10.2. The lowest BCUT2D eigenvalue weighted by molar-refractivity contribution is 0.415. The number of benzene rings is 1. The van der Waals surface area contributed by atoms with Crippen LogP contribution >= 0.6 is 15.9 Å². The van der Waals surface area contributed by atoms with Crippen molar-refractivity contribution in [1.29, 1.82) is 0 Å². The van der Waals surface area contributed by atoms with Crippen molar-refractivity contribution in [3.8, 4) is 17.0 Å². The summed E-state index contributed by atoms with van der Waals surface area (Å²) in [7, 11) is 3.63. The molecule has 0 saturated carbocycles. The number of imidazole rings is 1. The summed E-state index contributed by atoms with van der Waals surface area (Å²) in [6.45, 7) is 0. The van der Waals surface area contributed by atoms with E-state index in [1.165, 1.54) is 0 Å². The minimum atomic E-state index is 0.857. The summed E-state index contributed by atoms with van der Waals surface area (Å²) in [6, 6.07) is 7.91. The molecule has 0 N–H and O–H groups in total. The first kappa shape index (κ1) is 10.2. The number of halogens is 1. The summed E-state index contributed by atoms with van der Waals surface area (Å²) in [5.74, 6) is 0.858. The number of methoxy groups -OCH3 is 1. The number of hydrogen-bond donors (Lipinski definition) is 0. The average Bonchev–Trinajstić information content (AvgIpc) is 2.59. The fourth-order valence-electron chi connectivity index (χ4n) is 1.47. The molecule has 1 heterocycles. The maximum absolute atomic E-state index is 5.11. The summed E-state index contributed by atoms with van der Waals surface area (Å²) < 4.78 is 7.95. The normalized spacial score (nSPS) is 10.3. The zero-order valence-electron chi connectivity index (χ0n) is 8.57. The molecule has 78 valence electrons. The number of aromatic nitrogens is 2. The van der Waals surface area contributed by atoms with E-state index < -0.39 is 0 Å². The molecule has 1 aromatic carbocycles. The molecule has 4 heteroatoms. The Morgan fingerprint density at radius 2 is 1.93 bits per heavy atom. The van der Waals surface area contributed by atoms with E-state index in [0.717, 1.165) is 21.6 Å². The molecule has 2 rings (SSSR count). The Kier molecular flexibility index (Phi) is 2.77. The van der Waals surface area contributed by atoms with Gasteiger partial charge in [-0.2, -0.15) is 0 Å². The second-order valence-corrected chi connectivity index (χ2v) is 3.97. The van der Waals surface area contributed by atoms with Crippen molar-refractivity contribution in [2.45, 2.75) is 0 Å². The lowest BCUT2D eigenvalue weighted by Crippen LogP contribution is -1.90. The SMILES string of the molecule is COc1ccc(-c2c(Br)ncn2C)cc1. The quantitative estimate of drug-likeness (QED) is 0.836. The van der Waals surface area contributed by atoms with Crippen LogP contribution in [0.25, 0.3) is 11.3 Å². The van der Waals surface area contributed by atoms with Crippen LogP contribution in [0.4, 0.5) is 0 Å². The molecule has 0 fully saturated rings. The van der Waals surface area contributed by atoms with E-state index in [1.54, 1.807) is 13.4 Å². The molecule has 0 atom stereocenters. The van der Waals surface area contributed by atoms with E-state index in [1.807, 2.05) is 35.9 Å². The Balaban J connectivity index is 2.45. The van der Waals surface area contributed by atoms with Crippen LogP contribution in [-0.4, -0.2) is 16.7 Å². The zero-order chi connectivity index (χ0) is 10.8. The van der Waals surface area contributed by atoms with E-state index in [0.29, 0.717) is 0 Å². The molecule has 0 saturated heterocycles. The summed E-state index contributed by atoms with van der Waals surface area (Å²) in [4.78, 5) is 4.18. The predicted octanol–water partition coefficient (Wildman–Crippen LogP) is 2.86. The van der Waals surface area contributed by atoms with Crippen molar-refractivity contribution in [3.05, 3.63) is 35.2 Å². The Morgan fingerprint density at radius 1 is 1.27 bits per heavy atom. The van der Waals surface area contributed by atoms with Crippen LogP contribution in [0.2, 0.25) is 0 Å². The van der Waals surface area contributed by atoms with Gasteiger partial charge >= 0.3 is 0 Å². The maximum Gasteiger partial charge on any atom is 0.132 e. The second-order valence-electron chi connectivity index (χ2n) is 3.22. The third-order valence-electron chi connectivity index (χ3n) is 2.26. The maximum atomic E-state index is 5.11. The summed E-state index contributed by atoms with van der Waals surface area (Å²) in [6.07, 6.45) is 1.78. The summed E-state index contributed by atoms with van der Waals surface area (Å²) in [5.41, 5.74) is 2.18. The molecule has 0 amide bonds. The first-order chi connectivity index (χ1) is 7.22. The fourth-order valence-corrected chi connectivity index (χ4v) is 2.07. The van der Waals surface area contributed by atoms with Gasteiger partial charge < -0.3 is 9.30 Å². The lowest BCUT2D eigenvalue weighted by Gasteiger charge is -2.04. The van der Waals surface area contributed by atoms with Gasteiger partial charge in [0, 0.05) is 12.6 Å². The van der Waals surface area contributed by atoms with E-state index in [4.69, 9.17) is 4.74 Å². The van der Waals surface area contributed by atoms with E-state index in [-0.39, 0.29) is 0 Å². The van der Waals surface area contributed by atoms with Gasteiger partial charge in [0.25, 0.3) is 0 Å². The van der Waals surface area contributed by atoms with Gasteiger partial charge in [-0.15, -0.1) is 0 Å². The van der Waals surface area contributed by atoms with Gasteiger partial charge in [0.2, 0.25) is 0 Å². The Morgan fingerprint density at radius 3 is 2.40 bits per heavy atom. The third kappa shape index (κ3) is 1.90. The van der Waals surface area contributed by atoms with Crippen LogP contribution in [0.15, 0.2) is 35.2 Å². The molecule has 0 radical (unpaired) electrons. The van der Waals surface area contributed by atoms with Crippen molar-refractivity contribution in [1.82, 2.24) is 9.55 Å². The third-order valence-corrected chi connectivity index (χ3v) is 2.84. The van der Waals surface area contributed by atoms with Crippen molar-refractivity contribution < 1.29 is 4.74 Å². The van der Waals surface area contributed by atoms with Gasteiger partial charge in [0.1, 0.15) is 10.4 Å². The average molecular weight is 267 g/mol. The molecule has 0 aliphatic carbocycles. The summed E-state index contributed by atoms with van der Waals surface area (Å²) in [5, 5.41) is 0. The molecule has 2 aromatic rings. The highest BCUT2D eigenvalue weighted by atomic mass is 79.9. The number of rotatable bonds is 2. The number of hydrogen-bond acceptors (Lipinski definition) is 2. The summed E-state index contributed by atoms with van der Waals surface area (Å²) >= 11 is 3.43. The van der Waals surface area contributed by atoms with Gasteiger partial charge in [0.05, 0.1) is 19.1 Å². The highest BCUT2D eigenvalue weighted by molar-refractivity contribution is 9.10. The molecular weight excluding hydrogens is 256 g/mol. The minimum absolute atomic E-state index is 0.857. The molecule has 15 heavy (non-hydrogen) atoms. The van der Waals surface area contributed by atoms with Gasteiger partial charge in [-0.1, -0.05) is 0 Å². The number of nitrogens with zero attached hydrogens (tertiary/aromatic N) is 2. The standard InChI is InChI=1S/C11H11BrN2O/c1-14-7-13-11(12)10(14)8-3-5-9(15-2)6-4-8/h3-7H,1-2H3. The molecular formula is C11H11BrN2O. The van der Waals surface area contributed by atoms with E-state index in [2.05, 4.69) is 20.9 Å². The van der Waals surface area contributed by atoms with Gasteiger partial charge in [-0.25, -0.2) is 4.98 Å². The highest BCUT2D eigenvalue weighted by Gasteiger charge is 2.08. The Bertz CT molecular complexity index is 442. The van der Waals surface area contributed by atoms with Crippen LogP contribution in [0.3, 0.4) is 0 Å². The monoisotopic (exact) mass is 266 g/mol. The number of aryl methyl sites for hydroxylation is 1. The van der Waals surface area contributed by atoms with Crippen LogP contribution in [0, 0.1) is 0 Å². The van der Waals surface area contributed by atoms with Crippen molar-refractivity contribution in [3.63, 3.8) is 0 Å². The second kappa shape index (κ2) is 4.06. The fraction of sp³-hybridized carbons (Fsp3) is 0.182. The highest BCUT2D eigenvalue weighted by Crippen LogP contribution is 2.27. The molecule has 3 nitrogen and oxygen atoms in total. The Hall–Kier alpha value is -1.29. The van der Waals surface area contributed by atoms with Gasteiger partial charge in [-0.05, 0) is 40.2 Å². The molecule has 0 aliphatic rings. The Labute approximate surface area is 96.8 Å². The first-order valence-electron chi connectivity index (χ1n) is 4.53. The smallest absolute Gasteiger partial charge is 0.132 e. The van der Waals surface area contributed by atoms with Crippen LogP contribution < -0.4 is 4.74 Å². The van der Waals surface area contributed by atoms with Crippen LogP contribution in [0.1, 0.15) is 0 Å². The van der Waals surface area contributed by atoms with Crippen molar-refractivity contribution >= 4 is 15.9 Å².